The smallest absolute Gasteiger partial charge is 0.444 e. The number of aromatic nitrogens is 1. The van der Waals surface area contributed by atoms with Gasteiger partial charge in [-0.05, 0) is 94.6 Å². The number of pyridine rings is 1. The van der Waals surface area contributed by atoms with Crippen molar-refractivity contribution >= 4 is 36.5 Å². The Labute approximate surface area is 232 Å². The summed E-state index contributed by atoms with van der Waals surface area (Å²) in [4.78, 5) is 41.7. The lowest BCUT2D eigenvalue weighted by atomic mass is 9.80. The largest absolute Gasteiger partial charge is 0.496 e. The van der Waals surface area contributed by atoms with Crippen molar-refractivity contribution in [2.75, 3.05) is 11.9 Å². The van der Waals surface area contributed by atoms with Crippen LogP contribution in [-0.4, -0.2) is 65.2 Å². The number of rotatable bonds is 9. The molecule has 2 heterocycles. The van der Waals surface area contributed by atoms with Gasteiger partial charge in [-0.2, -0.15) is 0 Å². The standard InChI is InChI=1S/C27H45BN4O7/c1-24(2,3)36-22(34)29-16-12-11-13-19(31-23(35)37-25(4,5)6)21(33)32-20-15-14-18(17-30-20)28-38-26(7,8)27(9,10)39-28/h14-15,17,19H,11-13,16H2,1-10H3,(H,29,34)(H,31,35)(H,30,32,33). The lowest BCUT2D eigenvalue weighted by molar-refractivity contribution is -0.118. The van der Waals surface area contributed by atoms with E-state index in [1.807, 2.05) is 27.7 Å². The van der Waals surface area contributed by atoms with Gasteiger partial charge in [-0.25, -0.2) is 14.6 Å². The van der Waals surface area contributed by atoms with Gasteiger partial charge in [-0.1, -0.05) is 6.07 Å². The summed E-state index contributed by atoms with van der Waals surface area (Å²) in [5, 5.41) is 8.09. The van der Waals surface area contributed by atoms with E-state index < -0.39 is 53.7 Å². The van der Waals surface area contributed by atoms with E-state index in [0.29, 0.717) is 31.6 Å². The maximum Gasteiger partial charge on any atom is 0.496 e. The van der Waals surface area contributed by atoms with Gasteiger partial charge in [-0.15, -0.1) is 0 Å². The van der Waals surface area contributed by atoms with Gasteiger partial charge in [0.15, 0.2) is 0 Å². The number of hydrogen-bond donors (Lipinski definition) is 3. The van der Waals surface area contributed by atoms with Gasteiger partial charge < -0.3 is 34.7 Å². The van der Waals surface area contributed by atoms with E-state index >= 15 is 0 Å². The van der Waals surface area contributed by atoms with E-state index in [9.17, 15) is 14.4 Å². The molecule has 0 aromatic carbocycles. The molecule has 0 radical (unpaired) electrons. The highest BCUT2D eigenvalue weighted by Crippen LogP contribution is 2.36. The highest BCUT2D eigenvalue weighted by Gasteiger charge is 2.51. The molecule has 1 aromatic rings. The molecule has 12 heteroatoms. The molecule has 3 N–H and O–H groups in total. The Morgan fingerprint density at radius 3 is 2.00 bits per heavy atom. The summed E-state index contributed by atoms with van der Waals surface area (Å²) in [5.74, 6) is -0.111. The molecule has 0 saturated carbocycles. The molecule has 1 unspecified atom stereocenters. The third kappa shape index (κ3) is 10.7. The van der Waals surface area contributed by atoms with Gasteiger partial charge >= 0.3 is 19.3 Å². The first-order chi connectivity index (χ1) is 17.8. The summed E-state index contributed by atoms with van der Waals surface area (Å²) in [6.45, 7) is 18.9. The number of nitrogens with one attached hydrogen (secondary N) is 3. The van der Waals surface area contributed by atoms with Crippen LogP contribution in [0.4, 0.5) is 15.4 Å². The molecule has 0 spiro atoms. The zero-order valence-corrected chi connectivity index (χ0v) is 25.0. The Kier molecular flexibility index (Phi) is 10.4. The monoisotopic (exact) mass is 548 g/mol. The fourth-order valence-corrected chi connectivity index (χ4v) is 3.51. The average molecular weight is 548 g/mol. The Hall–Kier alpha value is -2.86. The molecule has 1 saturated heterocycles. The van der Waals surface area contributed by atoms with E-state index in [1.54, 1.807) is 59.9 Å². The van der Waals surface area contributed by atoms with Crippen LogP contribution in [0.1, 0.15) is 88.5 Å². The van der Waals surface area contributed by atoms with Crippen molar-refractivity contribution in [3.05, 3.63) is 18.3 Å². The van der Waals surface area contributed by atoms with Crippen LogP contribution in [0.5, 0.6) is 0 Å². The second-order valence-electron chi connectivity index (χ2n) is 12.7. The number of alkyl carbamates (subject to hydrolysis) is 2. The summed E-state index contributed by atoms with van der Waals surface area (Å²) < 4.78 is 22.7. The van der Waals surface area contributed by atoms with Crippen LogP contribution in [0.25, 0.3) is 0 Å². The van der Waals surface area contributed by atoms with Gasteiger partial charge in [0.1, 0.15) is 23.1 Å². The third-order valence-corrected chi connectivity index (χ3v) is 6.16. The second-order valence-corrected chi connectivity index (χ2v) is 12.7. The highest BCUT2D eigenvalue weighted by molar-refractivity contribution is 6.62. The van der Waals surface area contributed by atoms with Crippen LogP contribution in [0.15, 0.2) is 18.3 Å². The Bertz CT molecular complexity index is 985. The average Bonchev–Trinajstić information content (AvgIpc) is 2.97. The molecule has 0 aliphatic carbocycles. The molecule has 39 heavy (non-hydrogen) atoms. The minimum absolute atomic E-state index is 0.322. The number of amides is 3. The lowest BCUT2D eigenvalue weighted by Crippen LogP contribution is -2.46. The van der Waals surface area contributed by atoms with Gasteiger partial charge in [-0.3, -0.25) is 4.79 Å². The van der Waals surface area contributed by atoms with E-state index in [0.717, 1.165) is 5.46 Å². The maximum atomic E-state index is 13.1. The molecule has 1 fully saturated rings. The fraction of sp³-hybridized carbons (Fsp3) is 0.704. The van der Waals surface area contributed by atoms with Crippen LogP contribution >= 0.6 is 0 Å². The normalized spacial score (nSPS) is 17.2. The molecular weight excluding hydrogens is 503 g/mol. The van der Waals surface area contributed by atoms with Crippen molar-refractivity contribution < 1.29 is 33.2 Å². The molecule has 1 aromatic heterocycles. The number of hydrogen-bond acceptors (Lipinski definition) is 8. The van der Waals surface area contributed by atoms with Crippen LogP contribution in [0.2, 0.25) is 0 Å². The fourth-order valence-electron chi connectivity index (χ4n) is 3.51. The minimum atomic E-state index is -0.869. The number of unbranched alkanes of at least 4 members (excludes halogenated alkanes) is 1. The Morgan fingerprint density at radius 1 is 0.923 bits per heavy atom. The Balaban J connectivity index is 1.97. The molecule has 1 atom stereocenters. The molecule has 11 nitrogen and oxygen atoms in total. The van der Waals surface area contributed by atoms with Gasteiger partial charge in [0.2, 0.25) is 5.91 Å². The lowest BCUT2D eigenvalue weighted by Gasteiger charge is -2.32. The predicted molar refractivity (Wildman–Crippen MR) is 150 cm³/mol. The maximum absolute atomic E-state index is 13.1. The van der Waals surface area contributed by atoms with Crippen LogP contribution in [0.3, 0.4) is 0 Å². The molecule has 0 bridgehead atoms. The van der Waals surface area contributed by atoms with Gasteiger partial charge in [0.25, 0.3) is 0 Å². The first kappa shape index (κ1) is 32.4. The van der Waals surface area contributed by atoms with E-state index in [1.165, 1.54) is 0 Å². The van der Waals surface area contributed by atoms with Crippen molar-refractivity contribution in [1.29, 1.82) is 0 Å². The van der Waals surface area contributed by atoms with Crippen LogP contribution < -0.4 is 21.4 Å². The summed E-state index contributed by atoms with van der Waals surface area (Å²) in [6.07, 6.45) is 1.86. The summed E-state index contributed by atoms with van der Waals surface area (Å²) in [7, 11) is -0.567. The van der Waals surface area contributed by atoms with Crippen LogP contribution in [0, 0.1) is 0 Å². The van der Waals surface area contributed by atoms with Crippen molar-refractivity contribution in [1.82, 2.24) is 15.6 Å². The summed E-state index contributed by atoms with van der Waals surface area (Å²) in [6, 6.07) is 2.57. The number of ether oxygens (including phenoxy) is 2. The molecular formula is C27H45BN4O7. The van der Waals surface area contributed by atoms with E-state index in [2.05, 4.69) is 20.9 Å². The first-order valence-electron chi connectivity index (χ1n) is 13.4. The second kappa shape index (κ2) is 12.5. The molecule has 1 aliphatic rings. The topological polar surface area (TPSA) is 137 Å². The summed E-state index contributed by atoms with van der Waals surface area (Å²) in [5.41, 5.74) is -1.53. The number of nitrogens with zero attached hydrogens (tertiary/aromatic N) is 1. The van der Waals surface area contributed by atoms with Gasteiger partial charge in [0.05, 0.1) is 11.2 Å². The minimum Gasteiger partial charge on any atom is -0.444 e. The number of anilines is 1. The Morgan fingerprint density at radius 2 is 1.49 bits per heavy atom. The van der Waals surface area contributed by atoms with Crippen molar-refractivity contribution in [2.24, 2.45) is 0 Å². The number of carbonyl (C=O) groups excluding carboxylic acids is 3. The quantitative estimate of drug-likeness (QED) is 0.312. The molecule has 3 amide bonds. The highest BCUT2D eigenvalue weighted by atomic mass is 16.7. The molecule has 2 rings (SSSR count). The first-order valence-corrected chi connectivity index (χ1v) is 13.4. The third-order valence-electron chi connectivity index (χ3n) is 6.16. The SMILES string of the molecule is CC(C)(C)OC(=O)NCCCCC(NC(=O)OC(C)(C)C)C(=O)Nc1ccc(B2OC(C)(C)C(C)(C)O2)cn1. The number of carbonyl (C=O) groups is 3. The molecule has 1 aliphatic heterocycles. The van der Waals surface area contributed by atoms with E-state index in [-0.39, 0.29) is 0 Å². The zero-order chi connectivity index (χ0) is 29.6. The summed E-state index contributed by atoms with van der Waals surface area (Å²) >= 11 is 0. The predicted octanol–water partition coefficient (Wildman–Crippen LogP) is 3.91. The van der Waals surface area contributed by atoms with Crippen LogP contribution in [-0.2, 0) is 23.6 Å². The van der Waals surface area contributed by atoms with Crippen molar-refractivity contribution in [3.8, 4) is 0 Å². The van der Waals surface area contributed by atoms with Gasteiger partial charge in [0, 0.05) is 18.2 Å². The zero-order valence-electron chi connectivity index (χ0n) is 25.0. The van der Waals surface area contributed by atoms with E-state index in [4.69, 9.17) is 18.8 Å². The van der Waals surface area contributed by atoms with Crippen molar-refractivity contribution in [3.63, 3.8) is 0 Å². The molecule has 218 valence electrons. The van der Waals surface area contributed by atoms with Crippen molar-refractivity contribution in [2.45, 2.75) is 117 Å².